The number of amides is 1. The van der Waals surface area contributed by atoms with Crippen LogP contribution in [0.25, 0.3) is 0 Å². The van der Waals surface area contributed by atoms with Crippen LogP contribution in [-0.4, -0.2) is 56.2 Å². The van der Waals surface area contributed by atoms with Crippen LogP contribution in [0.2, 0.25) is 0 Å². The first-order valence-corrected chi connectivity index (χ1v) is 7.06. The number of hydrogen-bond acceptors (Lipinski definition) is 5. The number of nitrogens with one attached hydrogen (secondary N) is 1. The molecule has 0 bridgehead atoms. The molecule has 1 fully saturated rings. The van der Waals surface area contributed by atoms with Crippen molar-refractivity contribution in [3.8, 4) is 0 Å². The molecule has 1 saturated heterocycles. The molecular formula is C15H21ClN2O4. The van der Waals surface area contributed by atoms with Crippen molar-refractivity contribution in [1.82, 2.24) is 4.90 Å². The average Bonchev–Trinajstić information content (AvgIpc) is 2.48. The summed E-state index contributed by atoms with van der Waals surface area (Å²) in [5.41, 5.74) is 1.03. The van der Waals surface area contributed by atoms with Gasteiger partial charge in [-0.05, 0) is 25.1 Å². The van der Waals surface area contributed by atoms with Gasteiger partial charge in [-0.1, -0.05) is 6.07 Å². The van der Waals surface area contributed by atoms with Gasteiger partial charge in [0.2, 0.25) is 5.91 Å². The fraction of sp³-hybridized carbons (Fsp3) is 0.467. The number of rotatable bonds is 5. The Morgan fingerprint density at radius 2 is 2.05 bits per heavy atom. The Morgan fingerprint density at radius 3 is 2.73 bits per heavy atom. The molecule has 0 aromatic heterocycles. The van der Waals surface area contributed by atoms with E-state index in [9.17, 15) is 9.59 Å². The molecule has 0 atom stereocenters. The third kappa shape index (κ3) is 5.63. The van der Waals surface area contributed by atoms with Crippen molar-refractivity contribution < 1.29 is 19.1 Å². The second-order valence-corrected chi connectivity index (χ2v) is 4.74. The summed E-state index contributed by atoms with van der Waals surface area (Å²) in [5.74, 6) is -0.486. The highest BCUT2D eigenvalue weighted by Crippen LogP contribution is 2.12. The smallest absolute Gasteiger partial charge is 0.338 e. The monoisotopic (exact) mass is 328 g/mol. The van der Waals surface area contributed by atoms with E-state index >= 15 is 0 Å². The third-order valence-electron chi connectivity index (χ3n) is 3.13. The molecule has 0 spiro atoms. The molecule has 1 amide bonds. The molecular weight excluding hydrogens is 308 g/mol. The number of hydrogen-bond donors (Lipinski definition) is 1. The van der Waals surface area contributed by atoms with Crippen molar-refractivity contribution in [3.05, 3.63) is 29.8 Å². The van der Waals surface area contributed by atoms with Crippen LogP contribution in [0.4, 0.5) is 5.69 Å². The van der Waals surface area contributed by atoms with Crippen molar-refractivity contribution in [2.75, 3.05) is 44.8 Å². The summed E-state index contributed by atoms with van der Waals surface area (Å²) in [6.45, 7) is 5.25. The molecule has 1 aromatic carbocycles. The molecule has 1 aliphatic heterocycles. The van der Waals surface area contributed by atoms with Crippen LogP contribution in [0.5, 0.6) is 0 Å². The van der Waals surface area contributed by atoms with Crippen LogP contribution >= 0.6 is 12.4 Å². The Labute approximate surface area is 136 Å². The Hall–Kier alpha value is -1.63. The Morgan fingerprint density at radius 1 is 1.32 bits per heavy atom. The number of anilines is 1. The van der Waals surface area contributed by atoms with Gasteiger partial charge in [-0.15, -0.1) is 12.4 Å². The van der Waals surface area contributed by atoms with Gasteiger partial charge in [0.15, 0.2) is 0 Å². The molecule has 122 valence electrons. The standard InChI is InChI=1S/C15H20N2O4.ClH/c1-2-21-15(19)12-4-3-5-13(10-12)16-14(18)11-17-6-8-20-9-7-17;/h3-5,10H,2,6-9,11H2,1H3,(H,16,18);1H. The predicted octanol–water partition coefficient (Wildman–Crippen LogP) is 1.56. The zero-order valence-electron chi connectivity index (χ0n) is 12.5. The molecule has 1 aromatic rings. The van der Waals surface area contributed by atoms with Crippen molar-refractivity contribution in [2.24, 2.45) is 0 Å². The van der Waals surface area contributed by atoms with Gasteiger partial charge in [-0.2, -0.15) is 0 Å². The molecule has 1 aliphatic rings. The Kier molecular flexibility index (Phi) is 7.87. The maximum absolute atomic E-state index is 12.0. The molecule has 0 radical (unpaired) electrons. The lowest BCUT2D eigenvalue weighted by Crippen LogP contribution is -2.41. The Balaban J connectivity index is 0.00000242. The summed E-state index contributed by atoms with van der Waals surface area (Å²) in [7, 11) is 0. The molecule has 1 N–H and O–H groups in total. The molecule has 7 heteroatoms. The van der Waals surface area contributed by atoms with E-state index in [1.54, 1.807) is 31.2 Å². The summed E-state index contributed by atoms with van der Waals surface area (Å²) >= 11 is 0. The first-order chi connectivity index (χ1) is 10.2. The van der Waals surface area contributed by atoms with E-state index < -0.39 is 0 Å². The summed E-state index contributed by atoms with van der Waals surface area (Å²) in [4.78, 5) is 25.7. The van der Waals surface area contributed by atoms with E-state index in [0.29, 0.717) is 37.6 Å². The summed E-state index contributed by atoms with van der Waals surface area (Å²) in [5, 5.41) is 2.80. The van der Waals surface area contributed by atoms with Crippen LogP contribution in [0.1, 0.15) is 17.3 Å². The van der Waals surface area contributed by atoms with Gasteiger partial charge in [0.05, 0.1) is 31.9 Å². The number of halogens is 1. The van der Waals surface area contributed by atoms with Gasteiger partial charge in [-0.3, -0.25) is 9.69 Å². The SMILES string of the molecule is CCOC(=O)c1cccc(NC(=O)CN2CCOCC2)c1.Cl. The van der Waals surface area contributed by atoms with Gasteiger partial charge in [0, 0.05) is 18.8 Å². The van der Waals surface area contributed by atoms with Crippen molar-refractivity contribution in [3.63, 3.8) is 0 Å². The number of esters is 1. The van der Waals surface area contributed by atoms with Crippen LogP contribution in [0.15, 0.2) is 24.3 Å². The van der Waals surface area contributed by atoms with E-state index in [4.69, 9.17) is 9.47 Å². The van der Waals surface area contributed by atoms with Crippen LogP contribution < -0.4 is 5.32 Å². The molecule has 0 aliphatic carbocycles. The van der Waals surface area contributed by atoms with E-state index in [1.807, 2.05) is 4.90 Å². The minimum atomic E-state index is -0.387. The summed E-state index contributed by atoms with van der Waals surface area (Å²) < 4.78 is 10.2. The maximum Gasteiger partial charge on any atom is 0.338 e. The van der Waals surface area contributed by atoms with E-state index in [2.05, 4.69) is 5.32 Å². The van der Waals surface area contributed by atoms with Gasteiger partial charge in [0.25, 0.3) is 0 Å². The third-order valence-corrected chi connectivity index (χ3v) is 3.13. The van der Waals surface area contributed by atoms with E-state index in [0.717, 1.165) is 13.1 Å². The summed E-state index contributed by atoms with van der Waals surface area (Å²) in [6, 6.07) is 6.75. The maximum atomic E-state index is 12.0. The topological polar surface area (TPSA) is 67.9 Å². The normalized spacial score (nSPS) is 14.8. The van der Waals surface area contributed by atoms with Gasteiger partial charge < -0.3 is 14.8 Å². The second kappa shape index (κ2) is 9.40. The van der Waals surface area contributed by atoms with Crippen LogP contribution in [-0.2, 0) is 14.3 Å². The van der Waals surface area contributed by atoms with Gasteiger partial charge in [0.1, 0.15) is 0 Å². The number of carbonyl (C=O) groups excluding carboxylic acids is 2. The molecule has 0 unspecified atom stereocenters. The first-order valence-electron chi connectivity index (χ1n) is 7.06. The van der Waals surface area contributed by atoms with Crippen LogP contribution in [0, 0.1) is 0 Å². The predicted molar refractivity (Wildman–Crippen MR) is 85.5 cm³/mol. The second-order valence-electron chi connectivity index (χ2n) is 4.74. The largest absolute Gasteiger partial charge is 0.462 e. The van der Waals surface area contributed by atoms with Crippen LogP contribution in [0.3, 0.4) is 0 Å². The molecule has 2 rings (SSSR count). The van der Waals surface area contributed by atoms with Crippen molar-refractivity contribution in [1.29, 1.82) is 0 Å². The highest BCUT2D eigenvalue weighted by Gasteiger charge is 2.14. The molecule has 0 saturated carbocycles. The minimum Gasteiger partial charge on any atom is -0.462 e. The number of morpholine rings is 1. The molecule has 6 nitrogen and oxygen atoms in total. The zero-order valence-corrected chi connectivity index (χ0v) is 13.4. The van der Waals surface area contributed by atoms with E-state index in [-0.39, 0.29) is 24.3 Å². The fourth-order valence-corrected chi connectivity index (χ4v) is 2.10. The fourth-order valence-electron chi connectivity index (χ4n) is 2.10. The minimum absolute atomic E-state index is 0. The first kappa shape index (κ1) is 18.4. The Bertz CT molecular complexity index is 504. The number of carbonyl (C=O) groups is 2. The quantitative estimate of drug-likeness (QED) is 0.831. The average molecular weight is 329 g/mol. The molecule has 1 heterocycles. The number of benzene rings is 1. The number of ether oxygens (including phenoxy) is 2. The highest BCUT2D eigenvalue weighted by molar-refractivity contribution is 5.95. The van der Waals surface area contributed by atoms with E-state index in [1.165, 1.54) is 0 Å². The van der Waals surface area contributed by atoms with Crippen molar-refractivity contribution in [2.45, 2.75) is 6.92 Å². The number of nitrogens with zero attached hydrogens (tertiary/aromatic N) is 1. The molecule has 22 heavy (non-hydrogen) atoms. The summed E-state index contributed by atoms with van der Waals surface area (Å²) in [6.07, 6.45) is 0. The lowest BCUT2D eigenvalue weighted by atomic mass is 10.2. The van der Waals surface area contributed by atoms with Gasteiger partial charge >= 0.3 is 5.97 Å². The van der Waals surface area contributed by atoms with Crippen molar-refractivity contribution >= 4 is 30.0 Å². The lowest BCUT2D eigenvalue weighted by molar-refractivity contribution is -0.118. The zero-order chi connectivity index (χ0) is 15.1. The highest BCUT2D eigenvalue weighted by atomic mass is 35.5. The van der Waals surface area contributed by atoms with Gasteiger partial charge in [-0.25, -0.2) is 4.79 Å². The lowest BCUT2D eigenvalue weighted by Gasteiger charge is -2.25.